The lowest BCUT2D eigenvalue weighted by molar-refractivity contribution is 0.0204. The first-order valence-electron chi connectivity index (χ1n) is 10.5. The van der Waals surface area contributed by atoms with Crippen LogP contribution in [0.2, 0.25) is 0 Å². The fourth-order valence-corrected chi connectivity index (χ4v) is 4.78. The van der Waals surface area contributed by atoms with Gasteiger partial charge in [-0.3, -0.25) is 4.98 Å². The summed E-state index contributed by atoms with van der Waals surface area (Å²) in [6, 6.07) is 6.30. The summed E-state index contributed by atoms with van der Waals surface area (Å²) in [5, 5.41) is 1.07. The first-order valence-corrected chi connectivity index (χ1v) is 11.4. The van der Waals surface area contributed by atoms with Crippen molar-refractivity contribution in [2.75, 3.05) is 13.1 Å². The maximum Gasteiger partial charge on any atom is 0.410 e. The van der Waals surface area contributed by atoms with Gasteiger partial charge in [-0.2, -0.15) is 0 Å². The number of amides is 1. The number of thiazole rings is 1. The van der Waals surface area contributed by atoms with Crippen LogP contribution >= 0.6 is 11.3 Å². The molecule has 31 heavy (non-hydrogen) atoms. The zero-order valence-corrected chi connectivity index (χ0v) is 18.7. The van der Waals surface area contributed by atoms with E-state index in [0.717, 1.165) is 51.0 Å². The van der Waals surface area contributed by atoms with Crippen molar-refractivity contribution < 1.29 is 9.53 Å². The number of hydrogen-bond acceptors (Lipinski definition) is 6. The Morgan fingerprint density at radius 3 is 2.77 bits per heavy atom. The summed E-state index contributed by atoms with van der Waals surface area (Å²) in [6.45, 7) is 7.08. The highest BCUT2D eigenvalue weighted by molar-refractivity contribution is 7.16. The summed E-state index contributed by atoms with van der Waals surface area (Å²) in [5.41, 5.74) is 6.32. The molecule has 1 amide bonds. The Labute approximate surface area is 184 Å². The van der Waals surface area contributed by atoms with Crippen LogP contribution in [0.25, 0.3) is 32.5 Å². The minimum Gasteiger partial charge on any atom is -0.444 e. The molecule has 0 aromatic carbocycles. The predicted molar refractivity (Wildman–Crippen MR) is 122 cm³/mol. The van der Waals surface area contributed by atoms with E-state index in [4.69, 9.17) is 4.74 Å². The van der Waals surface area contributed by atoms with E-state index in [2.05, 4.69) is 32.1 Å². The molecule has 0 saturated carbocycles. The summed E-state index contributed by atoms with van der Waals surface area (Å²) >= 11 is 1.62. The molecule has 1 N–H and O–H groups in total. The van der Waals surface area contributed by atoms with Gasteiger partial charge >= 0.3 is 6.09 Å². The quantitative estimate of drug-likeness (QED) is 0.459. The lowest BCUT2D eigenvalue weighted by atomic mass is 9.93. The van der Waals surface area contributed by atoms with Crippen molar-refractivity contribution >= 4 is 38.7 Å². The molecule has 1 aliphatic rings. The second-order valence-electron chi connectivity index (χ2n) is 8.98. The second-order valence-corrected chi connectivity index (χ2v) is 9.86. The zero-order chi connectivity index (χ0) is 21.6. The van der Waals surface area contributed by atoms with E-state index in [1.807, 2.05) is 49.6 Å². The van der Waals surface area contributed by atoms with Crippen LogP contribution < -0.4 is 0 Å². The number of ether oxygens (including phenoxy) is 1. The number of rotatable bonds is 2. The van der Waals surface area contributed by atoms with Gasteiger partial charge in [-0.25, -0.2) is 14.8 Å². The minimum atomic E-state index is -0.469. The number of aromatic amines is 1. The maximum atomic E-state index is 12.3. The molecular formula is C23H25N5O2S. The van der Waals surface area contributed by atoms with Gasteiger partial charge in [0.2, 0.25) is 0 Å². The molecular weight excluding hydrogens is 410 g/mol. The third-order valence-electron chi connectivity index (χ3n) is 5.63. The number of piperidine rings is 1. The van der Waals surface area contributed by atoms with E-state index in [-0.39, 0.29) is 6.09 Å². The molecule has 1 saturated heterocycles. The van der Waals surface area contributed by atoms with Crippen LogP contribution in [0, 0.1) is 0 Å². The highest BCUT2D eigenvalue weighted by Crippen LogP contribution is 2.34. The molecule has 7 nitrogen and oxygen atoms in total. The molecule has 5 rings (SSSR count). The highest BCUT2D eigenvalue weighted by atomic mass is 32.1. The molecule has 0 unspecified atom stereocenters. The largest absolute Gasteiger partial charge is 0.444 e. The number of hydrogen-bond donors (Lipinski definition) is 1. The molecule has 0 bridgehead atoms. The van der Waals surface area contributed by atoms with Gasteiger partial charge in [-0.1, -0.05) is 0 Å². The van der Waals surface area contributed by atoms with Gasteiger partial charge in [0.15, 0.2) is 0 Å². The van der Waals surface area contributed by atoms with E-state index in [1.165, 1.54) is 0 Å². The third-order valence-corrected chi connectivity index (χ3v) is 6.42. The second kappa shape index (κ2) is 7.60. The molecule has 160 valence electrons. The number of nitrogens with one attached hydrogen (secondary N) is 1. The fraction of sp³-hybridized carbons (Fsp3) is 0.391. The average Bonchev–Trinajstić information content (AvgIpc) is 3.38. The van der Waals surface area contributed by atoms with Gasteiger partial charge in [-0.15, -0.1) is 11.3 Å². The smallest absolute Gasteiger partial charge is 0.410 e. The van der Waals surface area contributed by atoms with Gasteiger partial charge in [0.05, 0.1) is 27.6 Å². The lowest BCUT2D eigenvalue weighted by Crippen LogP contribution is -2.41. The molecule has 5 heterocycles. The Hall–Kier alpha value is -3.00. The Kier molecular flexibility index (Phi) is 4.89. The number of nitrogens with zero attached hydrogens (tertiary/aromatic N) is 4. The first-order chi connectivity index (χ1) is 14.9. The summed E-state index contributed by atoms with van der Waals surface area (Å²) < 4.78 is 6.64. The van der Waals surface area contributed by atoms with Crippen LogP contribution in [-0.2, 0) is 4.74 Å². The van der Waals surface area contributed by atoms with Crippen LogP contribution in [-0.4, -0.2) is 49.6 Å². The molecule has 0 atom stereocenters. The predicted octanol–water partition coefficient (Wildman–Crippen LogP) is 5.35. The lowest BCUT2D eigenvalue weighted by Gasteiger charge is -2.33. The number of carbonyl (C=O) groups is 1. The van der Waals surface area contributed by atoms with Crippen molar-refractivity contribution in [1.29, 1.82) is 0 Å². The molecule has 8 heteroatoms. The van der Waals surface area contributed by atoms with Crippen molar-refractivity contribution in [3.8, 4) is 11.3 Å². The van der Waals surface area contributed by atoms with Crippen LogP contribution in [0.1, 0.15) is 45.2 Å². The Balaban J connectivity index is 1.37. The number of pyridine rings is 2. The average molecular weight is 436 g/mol. The molecule has 1 fully saturated rings. The van der Waals surface area contributed by atoms with E-state index in [0.29, 0.717) is 19.0 Å². The maximum absolute atomic E-state index is 12.3. The minimum absolute atomic E-state index is 0.226. The van der Waals surface area contributed by atoms with Crippen molar-refractivity contribution in [1.82, 2.24) is 24.8 Å². The zero-order valence-electron chi connectivity index (χ0n) is 17.9. The summed E-state index contributed by atoms with van der Waals surface area (Å²) in [6.07, 6.45) is 5.21. The van der Waals surface area contributed by atoms with Crippen LogP contribution in [0.5, 0.6) is 0 Å². The standard InChI is InChI=1S/C23H25N5O2S/c1-23(2,3)30-22(29)28-8-5-14(6-9-28)17-10-16-15(4-7-24-21(16)27-17)18-11-20-19(12-25-18)26-13-31-20/h4,7,10-14H,5-6,8-9H2,1-3H3,(H,24,27). The van der Waals surface area contributed by atoms with Crippen molar-refractivity contribution in [3.05, 3.63) is 41.8 Å². The van der Waals surface area contributed by atoms with E-state index in [1.54, 1.807) is 11.3 Å². The molecule has 4 aromatic rings. The van der Waals surface area contributed by atoms with Gasteiger partial charge in [0, 0.05) is 41.8 Å². The van der Waals surface area contributed by atoms with Crippen LogP contribution in [0.3, 0.4) is 0 Å². The number of likely N-dealkylation sites (tertiary alicyclic amines) is 1. The third kappa shape index (κ3) is 3.99. The number of fused-ring (bicyclic) bond motifs is 2. The van der Waals surface area contributed by atoms with Gasteiger partial charge in [0.1, 0.15) is 11.2 Å². The SMILES string of the molecule is CC(C)(C)OC(=O)N1CCC(c2cc3c(-c4cc5scnc5cn4)ccnc3[nH]2)CC1. The van der Waals surface area contributed by atoms with E-state index >= 15 is 0 Å². The van der Waals surface area contributed by atoms with E-state index < -0.39 is 5.60 Å². The normalized spacial score (nSPS) is 15.6. The summed E-state index contributed by atoms with van der Waals surface area (Å²) in [4.78, 5) is 31.1. The Morgan fingerprint density at radius 2 is 2.00 bits per heavy atom. The van der Waals surface area contributed by atoms with Gasteiger partial charge in [0.25, 0.3) is 0 Å². The van der Waals surface area contributed by atoms with Crippen molar-refractivity contribution in [2.24, 2.45) is 0 Å². The number of H-pyrrole nitrogens is 1. The molecule has 4 aromatic heterocycles. The molecule has 1 aliphatic heterocycles. The fourth-order valence-electron chi connectivity index (χ4n) is 4.10. The first kappa shape index (κ1) is 19.9. The van der Waals surface area contributed by atoms with Gasteiger partial charge in [-0.05, 0) is 51.8 Å². The molecule has 0 radical (unpaired) electrons. The summed E-state index contributed by atoms with van der Waals surface area (Å²) in [7, 11) is 0. The van der Waals surface area contributed by atoms with Crippen LogP contribution in [0.4, 0.5) is 4.79 Å². The van der Waals surface area contributed by atoms with Crippen LogP contribution in [0.15, 0.2) is 36.1 Å². The van der Waals surface area contributed by atoms with Crippen molar-refractivity contribution in [3.63, 3.8) is 0 Å². The molecule has 0 spiro atoms. The number of carbonyl (C=O) groups excluding carboxylic acids is 1. The molecule has 0 aliphatic carbocycles. The summed E-state index contributed by atoms with van der Waals surface area (Å²) in [5.74, 6) is 0.359. The Morgan fingerprint density at radius 1 is 1.19 bits per heavy atom. The number of aromatic nitrogens is 4. The van der Waals surface area contributed by atoms with Crippen molar-refractivity contribution in [2.45, 2.75) is 45.1 Å². The van der Waals surface area contributed by atoms with E-state index in [9.17, 15) is 4.79 Å². The highest BCUT2D eigenvalue weighted by Gasteiger charge is 2.28. The Bertz CT molecular complexity index is 1250. The monoisotopic (exact) mass is 435 g/mol. The van der Waals surface area contributed by atoms with Gasteiger partial charge < -0.3 is 14.6 Å². The topological polar surface area (TPSA) is 84.0 Å².